The molecule has 8 nitrogen and oxygen atoms in total. The molecule has 0 saturated carbocycles. The van der Waals surface area contributed by atoms with E-state index in [1.54, 1.807) is 30.7 Å². The number of hydrogen-bond acceptors (Lipinski definition) is 6. The average Bonchev–Trinajstić information content (AvgIpc) is 3.29. The minimum absolute atomic E-state index is 0.480. The number of aliphatic imine (C=N–C) groups is 1. The molecule has 3 heterocycles. The lowest BCUT2D eigenvalue weighted by Gasteiger charge is -2.10. The van der Waals surface area contributed by atoms with Crippen molar-refractivity contribution in [2.75, 3.05) is 7.05 Å². The average molecular weight is 345 g/mol. The Morgan fingerprint density at radius 1 is 1.29 bits per heavy atom. The van der Waals surface area contributed by atoms with Gasteiger partial charge in [-0.25, -0.2) is 9.97 Å². The predicted molar refractivity (Wildman–Crippen MR) is 92.7 cm³/mol. The van der Waals surface area contributed by atoms with Crippen molar-refractivity contribution >= 4 is 17.3 Å². The maximum Gasteiger partial charge on any atom is 0.216 e. The number of H-pyrrole nitrogens is 1. The number of rotatable bonds is 5. The van der Waals surface area contributed by atoms with Crippen LogP contribution in [0.25, 0.3) is 11.6 Å². The molecular weight excluding hydrogens is 326 g/mol. The molecule has 0 aromatic carbocycles. The fourth-order valence-corrected chi connectivity index (χ4v) is 3.06. The lowest BCUT2D eigenvalue weighted by atomic mass is 10.4. The third kappa shape index (κ3) is 3.80. The molecule has 3 rings (SSSR count). The molecule has 0 bridgehead atoms. The Kier molecular flexibility index (Phi) is 4.90. The molecule has 3 N–H and O–H groups in total. The minimum atomic E-state index is 0.480. The molecular formula is C15H19N7OS. The van der Waals surface area contributed by atoms with Crippen LogP contribution >= 0.6 is 11.3 Å². The molecule has 0 saturated heterocycles. The first-order valence-corrected chi connectivity index (χ1v) is 8.30. The standard InChI is InChI=1S/C15H19N7OS/c1-9-12(24-10(2)19-9)7-17-15(16-3)18-8-13-20-14(22-21-13)11-5-4-6-23-11/h4-6H,7-8H2,1-3H3,(H2,16,17,18)(H,20,21,22). The van der Waals surface area contributed by atoms with E-state index in [1.807, 2.05) is 19.9 Å². The summed E-state index contributed by atoms with van der Waals surface area (Å²) in [5.74, 6) is 2.57. The van der Waals surface area contributed by atoms with E-state index in [0.717, 1.165) is 10.7 Å². The molecule has 0 unspecified atom stereocenters. The molecule has 0 radical (unpaired) electrons. The molecule has 0 aliphatic heterocycles. The van der Waals surface area contributed by atoms with Crippen molar-refractivity contribution in [3.63, 3.8) is 0 Å². The van der Waals surface area contributed by atoms with E-state index in [1.165, 1.54) is 4.88 Å². The predicted octanol–water partition coefficient (Wildman–Crippen LogP) is 2.00. The van der Waals surface area contributed by atoms with Gasteiger partial charge in [0.25, 0.3) is 0 Å². The zero-order chi connectivity index (χ0) is 16.9. The van der Waals surface area contributed by atoms with Crippen LogP contribution < -0.4 is 10.6 Å². The van der Waals surface area contributed by atoms with E-state index in [2.05, 4.69) is 35.8 Å². The first-order valence-electron chi connectivity index (χ1n) is 7.48. The summed E-state index contributed by atoms with van der Waals surface area (Å²) in [5.41, 5.74) is 1.05. The Hall–Kier alpha value is -2.68. The van der Waals surface area contributed by atoms with Crippen molar-refractivity contribution in [1.82, 2.24) is 30.8 Å². The molecule has 3 aromatic rings. The summed E-state index contributed by atoms with van der Waals surface area (Å²) in [6.07, 6.45) is 1.60. The summed E-state index contributed by atoms with van der Waals surface area (Å²) >= 11 is 1.69. The van der Waals surface area contributed by atoms with E-state index in [-0.39, 0.29) is 0 Å². The number of nitrogens with one attached hydrogen (secondary N) is 3. The lowest BCUT2D eigenvalue weighted by Crippen LogP contribution is -2.36. The molecule has 0 atom stereocenters. The molecule has 0 fully saturated rings. The number of guanidine groups is 1. The van der Waals surface area contributed by atoms with Crippen LogP contribution in [0.4, 0.5) is 0 Å². The van der Waals surface area contributed by atoms with E-state index in [0.29, 0.717) is 36.5 Å². The van der Waals surface area contributed by atoms with Crippen LogP contribution in [0, 0.1) is 13.8 Å². The van der Waals surface area contributed by atoms with Gasteiger partial charge >= 0.3 is 0 Å². The number of thiazole rings is 1. The van der Waals surface area contributed by atoms with Crippen LogP contribution in [0.5, 0.6) is 0 Å². The van der Waals surface area contributed by atoms with Gasteiger partial charge in [-0.3, -0.25) is 10.1 Å². The van der Waals surface area contributed by atoms with Gasteiger partial charge in [-0.05, 0) is 26.0 Å². The second kappa shape index (κ2) is 7.26. The van der Waals surface area contributed by atoms with Gasteiger partial charge in [-0.2, -0.15) is 0 Å². The Morgan fingerprint density at radius 2 is 2.12 bits per heavy atom. The van der Waals surface area contributed by atoms with Gasteiger partial charge in [0, 0.05) is 11.9 Å². The van der Waals surface area contributed by atoms with Crippen molar-refractivity contribution in [2.24, 2.45) is 4.99 Å². The lowest BCUT2D eigenvalue weighted by molar-refractivity contribution is 0.577. The van der Waals surface area contributed by atoms with Crippen molar-refractivity contribution in [3.05, 3.63) is 39.8 Å². The van der Waals surface area contributed by atoms with Crippen LogP contribution in [-0.2, 0) is 13.1 Å². The topological polar surface area (TPSA) is 104 Å². The van der Waals surface area contributed by atoms with Crippen LogP contribution in [0.3, 0.4) is 0 Å². The Morgan fingerprint density at radius 3 is 2.79 bits per heavy atom. The molecule has 126 valence electrons. The Labute approximate surface area is 143 Å². The molecule has 0 aliphatic carbocycles. The van der Waals surface area contributed by atoms with Gasteiger partial charge in [0.2, 0.25) is 5.82 Å². The summed E-state index contributed by atoms with van der Waals surface area (Å²) in [4.78, 5) is 14.2. The Bertz CT molecular complexity index is 819. The molecule has 0 spiro atoms. The van der Waals surface area contributed by atoms with Crippen LogP contribution in [0.15, 0.2) is 27.8 Å². The highest BCUT2D eigenvalue weighted by molar-refractivity contribution is 7.11. The SMILES string of the molecule is CN=C(NCc1nc(-c2ccco2)n[nH]1)NCc1sc(C)nc1C. The first kappa shape index (κ1) is 16.2. The third-order valence-electron chi connectivity index (χ3n) is 3.34. The fraction of sp³-hybridized carbons (Fsp3) is 0.333. The van der Waals surface area contributed by atoms with Crippen LogP contribution in [-0.4, -0.2) is 33.2 Å². The highest BCUT2D eigenvalue weighted by Crippen LogP contribution is 2.16. The van der Waals surface area contributed by atoms with Gasteiger partial charge in [0.05, 0.1) is 30.1 Å². The molecule has 9 heteroatoms. The normalized spacial score (nSPS) is 11.7. The summed E-state index contributed by atoms with van der Waals surface area (Å²) in [7, 11) is 1.73. The maximum atomic E-state index is 5.27. The number of aryl methyl sites for hydroxylation is 2. The van der Waals surface area contributed by atoms with E-state index >= 15 is 0 Å². The second-order valence-corrected chi connectivity index (χ2v) is 6.39. The van der Waals surface area contributed by atoms with E-state index in [9.17, 15) is 0 Å². The van der Waals surface area contributed by atoms with Crippen molar-refractivity contribution in [2.45, 2.75) is 26.9 Å². The largest absolute Gasteiger partial charge is 0.461 e. The van der Waals surface area contributed by atoms with Gasteiger partial charge in [-0.1, -0.05) is 0 Å². The number of hydrogen-bond donors (Lipinski definition) is 3. The number of furan rings is 1. The second-order valence-electron chi connectivity index (χ2n) is 5.10. The molecule has 3 aromatic heterocycles. The van der Waals surface area contributed by atoms with Crippen LogP contribution in [0.1, 0.15) is 21.4 Å². The summed E-state index contributed by atoms with van der Waals surface area (Å²) in [5, 5.41) is 14.6. The number of nitrogens with zero attached hydrogens (tertiary/aromatic N) is 4. The fourth-order valence-electron chi connectivity index (χ4n) is 2.18. The zero-order valence-corrected chi connectivity index (χ0v) is 14.6. The Balaban J connectivity index is 1.54. The summed E-state index contributed by atoms with van der Waals surface area (Å²) in [6.45, 7) is 5.19. The maximum absolute atomic E-state index is 5.27. The van der Waals surface area contributed by atoms with Gasteiger partial charge in [0.1, 0.15) is 5.82 Å². The molecule has 24 heavy (non-hydrogen) atoms. The van der Waals surface area contributed by atoms with Gasteiger partial charge in [-0.15, -0.1) is 16.4 Å². The van der Waals surface area contributed by atoms with Gasteiger partial charge in [0.15, 0.2) is 11.7 Å². The smallest absolute Gasteiger partial charge is 0.216 e. The molecule has 0 amide bonds. The quantitative estimate of drug-likeness (QED) is 0.483. The monoisotopic (exact) mass is 345 g/mol. The van der Waals surface area contributed by atoms with Crippen molar-refractivity contribution < 1.29 is 4.42 Å². The first-order chi connectivity index (χ1) is 11.7. The summed E-state index contributed by atoms with van der Waals surface area (Å²) < 4.78 is 5.27. The van der Waals surface area contributed by atoms with E-state index in [4.69, 9.17) is 4.42 Å². The highest BCUT2D eigenvalue weighted by Gasteiger charge is 2.09. The third-order valence-corrected chi connectivity index (χ3v) is 4.41. The highest BCUT2D eigenvalue weighted by atomic mass is 32.1. The van der Waals surface area contributed by atoms with Crippen LogP contribution in [0.2, 0.25) is 0 Å². The van der Waals surface area contributed by atoms with Crippen molar-refractivity contribution in [1.29, 1.82) is 0 Å². The van der Waals surface area contributed by atoms with E-state index < -0.39 is 0 Å². The minimum Gasteiger partial charge on any atom is -0.461 e. The van der Waals surface area contributed by atoms with Gasteiger partial charge < -0.3 is 15.1 Å². The molecule has 0 aliphatic rings. The zero-order valence-electron chi connectivity index (χ0n) is 13.8. The number of aromatic nitrogens is 4. The summed E-state index contributed by atoms with van der Waals surface area (Å²) in [6, 6.07) is 3.62. The number of aromatic amines is 1. The van der Waals surface area contributed by atoms with Crippen molar-refractivity contribution in [3.8, 4) is 11.6 Å².